The highest BCUT2D eigenvalue weighted by molar-refractivity contribution is 7.24. The second-order valence-corrected chi connectivity index (χ2v) is 6.85. The zero-order valence-corrected chi connectivity index (χ0v) is 14.4. The number of hydrogen-bond acceptors (Lipinski definition) is 4. The van der Waals surface area contributed by atoms with Gasteiger partial charge in [-0.15, -0.1) is 11.3 Å². The molecule has 120 valence electrons. The van der Waals surface area contributed by atoms with Gasteiger partial charge in [0.25, 0.3) is 5.56 Å². The van der Waals surface area contributed by atoms with Gasteiger partial charge in [0.1, 0.15) is 16.0 Å². The second kappa shape index (κ2) is 6.24. The SMILES string of the molecule is CCCc1nc2sc3ccccc3c(=O)c2c(=O)n1C(C)CC. The number of benzene rings is 1. The lowest BCUT2D eigenvalue weighted by Crippen LogP contribution is -2.30. The van der Waals surface area contributed by atoms with E-state index in [0.717, 1.165) is 29.8 Å². The van der Waals surface area contributed by atoms with Crippen LogP contribution >= 0.6 is 11.3 Å². The molecule has 1 aromatic carbocycles. The van der Waals surface area contributed by atoms with Gasteiger partial charge in [0.05, 0.1) is 0 Å². The van der Waals surface area contributed by atoms with Gasteiger partial charge in [-0.05, 0) is 31.9 Å². The van der Waals surface area contributed by atoms with Gasteiger partial charge in [0, 0.05) is 22.5 Å². The van der Waals surface area contributed by atoms with Crippen LogP contribution in [0.4, 0.5) is 0 Å². The molecule has 3 rings (SSSR count). The molecule has 0 amide bonds. The van der Waals surface area contributed by atoms with Gasteiger partial charge in [0.2, 0.25) is 5.43 Å². The van der Waals surface area contributed by atoms with Crippen LogP contribution in [0.3, 0.4) is 0 Å². The van der Waals surface area contributed by atoms with Crippen LogP contribution in [0.1, 0.15) is 45.5 Å². The molecular weight excluding hydrogens is 308 g/mol. The zero-order chi connectivity index (χ0) is 16.6. The maximum Gasteiger partial charge on any atom is 0.266 e. The summed E-state index contributed by atoms with van der Waals surface area (Å²) in [6, 6.07) is 7.45. The van der Waals surface area contributed by atoms with E-state index in [9.17, 15) is 9.59 Å². The third-order valence-electron chi connectivity index (χ3n) is 4.23. The first-order valence-electron chi connectivity index (χ1n) is 8.05. The number of aromatic nitrogens is 2. The molecule has 0 saturated carbocycles. The van der Waals surface area contributed by atoms with Crippen molar-refractivity contribution in [3.8, 4) is 0 Å². The summed E-state index contributed by atoms with van der Waals surface area (Å²) in [6.07, 6.45) is 2.48. The summed E-state index contributed by atoms with van der Waals surface area (Å²) in [4.78, 5) is 31.1. The summed E-state index contributed by atoms with van der Waals surface area (Å²) in [7, 11) is 0. The van der Waals surface area contributed by atoms with Crippen LogP contribution in [0.2, 0.25) is 0 Å². The van der Waals surface area contributed by atoms with Crippen molar-refractivity contribution >= 4 is 31.6 Å². The highest BCUT2D eigenvalue weighted by atomic mass is 32.1. The Bertz CT molecular complexity index is 988. The normalized spacial score (nSPS) is 12.8. The first kappa shape index (κ1) is 15.9. The van der Waals surface area contributed by atoms with Crippen LogP contribution in [0.25, 0.3) is 20.3 Å². The first-order valence-corrected chi connectivity index (χ1v) is 8.87. The average Bonchev–Trinajstić information content (AvgIpc) is 2.54. The Morgan fingerprint density at radius 1 is 1.22 bits per heavy atom. The Morgan fingerprint density at radius 2 is 1.96 bits per heavy atom. The summed E-state index contributed by atoms with van der Waals surface area (Å²) >= 11 is 1.42. The largest absolute Gasteiger partial charge is 0.293 e. The van der Waals surface area contributed by atoms with E-state index in [0.29, 0.717) is 10.2 Å². The predicted octanol–water partition coefficient (Wildman–Crippen LogP) is 3.89. The van der Waals surface area contributed by atoms with Gasteiger partial charge in [-0.25, -0.2) is 4.98 Å². The molecule has 0 saturated heterocycles. The van der Waals surface area contributed by atoms with E-state index in [-0.39, 0.29) is 22.4 Å². The molecule has 0 radical (unpaired) electrons. The van der Waals surface area contributed by atoms with Gasteiger partial charge in [0.15, 0.2) is 0 Å². The summed E-state index contributed by atoms with van der Waals surface area (Å²) in [6.45, 7) is 6.11. The third kappa shape index (κ3) is 2.59. The fourth-order valence-corrected chi connectivity index (χ4v) is 3.90. The molecule has 1 atom stereocenters. The minimum atomic E-state index is -0.202. The number of aryl methyl sites for hydroxylation is 1. The lowest BCUT2D eigenvalue weighted by atomic mass is 10.2. The number of rotatable bonds is 4. The summed E-state index contributed by atoms with van der Waals surface area (Å²) in [5.74, 6) is 0.783. The predicted molar refractivity (Wildman–Crippen MR) is 96.7 cm³/mol. The Labute approximate surface area is 138 Å². The van der Waals surface area contributed by atoms with Crippen molar-refractivity contribution in [3.05, 3.63) is 50.7 Å². The maximum absolute atomic E-state index is 13.0. The van der Waals surface area contributed by atoms with Gasteiger partial charge < -0.3 is 0 Å². The lowest BCUT2D eigenvalue weighted by Gasteiger charge is -2.18. The van der Waals surface area contributed by atoms with Crippen molar-refractivity contribution in [1.82, 2.24) is 9.55 Å². The molecule has 0 aliphatic carbocycles. The van der Waals surface area contributed by atoms with Crippen LogP contribution in [0.5, 0.6) is 0 Å². The molecule has 0 fully saturated rings. The van der Waals surface area contributed by atoms with Crippen LogP contribution in [0.15, 0.2) is 33.9 Å². The quantitative estimate of drug-likeness (QED) is 0.683. The molecule has 1 unspecified atom stereocenters. The second-order valence-electron chi connectivity index (χ2n) is 5.82. The molecular formula is C18H20N2O2S. The van der Waals surface area contributed by atoms with E-state index in [1.54, 1.807) is 10.6 Å². The monoisotopic (exact) mass is 328 g/mol. The smallest absolute Gasteiger partial charge is 0.266 e. The first-order chi connectivity index (χ1) is 11.1. The molecule has 0 N–H and O–H groups in total. The Balaban J connectivity index is 2.49. The number of nitrogens with zero attached hydrogens (tertiary/aromatic N) is 2. The van der Waals surface area contributed by atoms with E-state index in [1.807, 2.05) is 32.0 Å². The Kier molecular flexibility index (Phi) is 4.31. The molecule has 3 aromatic rings. The maximum atomic E-state index is 13.0. The molecule has 0 bridgehead atoms. The van der Waals surface area contributed by atoms with Crippen LogP contribution in [-0.2, 0) is 6.42 Å². The fourth-order valence-electron chi connectivity index (χ4n) is 2.84. The molecule has 0 spiro atoms. The van der Waals surface area contributed by atoms with Gasteiger partial charge >= 0.3 is 0 Å². The molecule has 2 aromatic heterocycles. The Morgan fingerprint density at radius 3 is 2.65 bits per heavy atom. The summed E-state index contributed by atoms with van der Waals surface area (Å²) in [5.41, 5.74) is -0.397. The third-order valence-corrected chi connectivity index (χ3v) is 5.29. The fraction of sp³-hybridized carbons (Fsp3) is 0.389. The Hall–Kier alpha value is -2.01. The van der Waals surface area contributed by atoms with Gasteiger partial charge in [-0.2, -0.15) is 0 Å². The van der Waals surface area contributed by atoms with E-state index >= 15 is 0 Å². The lowest BCUT2D eigenvalue weighted by molar-refractivity contribution is 0.485. The summed E-state index contributed by atoms with van der Waals surface area (Å²) < 4.78 is 2.59. The topological polar surface area (TPSA) is 52.0 Å². The van der Waals surface area contributed by atoms with Crippen molar-refractivity contribution in [1.29, 1.82) is 0 Å². The van der Waals surface area contributed by atoms with Crippen LogP contribution in [0, 0.1) is 0 Å². The minimum Gasteiger partial charge on any atom is -0.293 e. The average molecular weight is 328 g/mol. The van der Waals surface area contributed by atoms with Crippen molar-refractivity contribution in [2.75, 3.05) is 0 Å². The highest BCUT2D eigenvalue weighted by Crippen LogP contribution is 2.23. The zero-order valence-electron chi connectivity index (χ0n) is 13.6. The highest BCUT2D eigenvalue weighted by Gasteiger charge is 2.18. The molecule has 4 nitrogen and oxygen atoms in total. The molecule has 2 heterocycles. The minimum absolute atomic E-state index is 0.0387. The van der Waals surface area contributed by atoms with E-state index in [4.69, 9.17) is 0 Å². The van der Waals surface area contributed by atoms with E-state index in [2.05, 4.69) is 11.9 Å². The molecule has 23 heavy (non-hydrogen) atoms. The van der Waals surface area contributed by atoms with E-state index < -0.39 is 0 Å². The van der Waals surface area contributed by atoms with E-state index in [1.165, 1.54) is 11.3 Å². The van der Waals surface area contributed by atoms with Crippen molar-refractivity contribution in [2.45, 2.75) is 46.1 Å². The van der Waals surface area contributed by atoms with Gasteiger partial charge in [-0.3, -0.25) is 14.2 Å². The number of hydrogen-bond donors (Lipinski definition) is 0. The van der Waals surface area contributed by atoms with Crippen molar-refractivity contribution in [3.63, 3.8) is 0 Å². The van der Waals surface area contributed by atoms with Crippen LogP contribution < -0.4 is 11.0 Å². The van der Waals surface area contributed by atoms with Gasteiger partial charge in [-0.1, -0.05) is 26.0 Å². The van der Waals surface area contributed by atoms with Crippen molar-refractivity contribution in [2.24, 2.45) is 0 Å². The molecule has 5 heteroatoms. The standard InChI is InChI=1S/C18H20N2O2S/c1-4-8-14-19-17-15(18(22)20(14)11(3)5-2)16(21)12-9-6-7-10-13(12)23-17/h6-7,9-11H,4-5,8H2,1-3H3. The molecule has 0 aliphatic rings. The van der Waals surface area contributed by atoms with Crippen molar-refractivity contribution < 1.29 is 0 Å². The molecule has 0 aliphatic heterocycles. The van der Waals surface area contributed by atoms with Crippen LogP contribution in [-0.4, -0.2) is 9.55 Å². The summed E-state index contributed by atoms with van der Waals surface area (Å²) in [5, 5.41) is 0.830. The number of fused-ring (bicyclic) bond motifs is 2.